The summed E-state index contributed by atoms with van der Waals surface area (Å²) in [5.74, 6) is -1.57. The minimum absolute atomic E-state index is 0.157. The third-order valence-corrected chi connectivity index (χ3v) is 3.88. The summed E-state index contributed by atoms with van der Waals surface area (Å²) >= 11 is 0. The highest BCUT2D eigenvalue weighted by Crippen LogP contribution is 2.23. The monoisotopic (exact) mass is 343 g/mol. The first kappa shape index (κ1) is 16.4. The molecule has 3 aromatic rings. The third kappa shape index (κ3) is 3.42. The molecule has 0 aliphatic rings. The summed E-state index contributed by atoms with van der Waals surface area (Å²) in [4.78, 5) is 24.4. The van der Waals surface area contributed by atoms with E-state index in [0.29, 0.717) is 24.2 Å². The molecule has 8 heteroatoms. The van der Waals surface area contributed by atoms with Crippen LogP contribution >= 0.6 is 0 Å². The van der Waals surface area contributed by atoms with Gasteiger partial charge in [0.1, 0.15) is 5.82 Å². The van der Waals surface area contributed by atoms with E-state index in [1.165, 1.54) is 24.3 Å². The summed E-state index contributed by atoms with van der Waals surface area (Å²) in [7, 11) is 0. The van der Waals surface area contributed by atoms with E-state index in [2.05, 4.69) is 10.3 Å². The van der Waals surface area contributed by atoms with Crippen molar-refractivity contribution in [1.82, 2.24) is 4.98 Å². The van der Waals surface area contributed by atoms with E-state index < -0.39 is 10.9 Å². The minimum Gasteiger partial charge on any atom is -0.478 e. The van der Waals surface area contributed by atoms with Crippen molar-refractivity contribution in [3.8, 4) is 0 Å². The van der Waals surface area contributed by atoms with Crippen LogP contribution in [0.2, 0.25) is 0 Å². The molecule has 0 bridgehead atoms. The number of anilines is 1. The van der Waals surface area contributed by atoms with E-state index in [1.807, 2.05) is 0 Å². The molecule has 0 atom stereocenters. The van der Waals surface area contributed by atoms with Crippen molar-refractivity contribution >= 4 is 28.2 Å². The van der Waals surface area contributed by atoms with Crippen molar-refractivity contribution in [2.75, 3.05) is 11.9 Å². The number of carboxylic acids is 1. The Hall–Kier alpha value is -3.42. The Morgan fingerprint density at radius 2 is 2.08 bits per heavy atom. The number of aromatic nitrogens is 1. The SMILES string of the molecule is O=C(O)c1cc([N+](=O)[O-])ccc1NCCc1c[nH]c2cc(F)ccc12. The van der Waals surface area contributed by atoms with Crippen LogP contribution in [0.1, 0.15) is 15.9 Å². The number of non-ortho nitro benzene ring substituents is 1. The second kappa shape index (κ2) is 6.60. The van der Waals surface area contributed by atoms with Crippen molar-refractivity contribution in [3.05, 3.63) is 69.7 Å². The van der Waals surface area contributed by atoms with Crippen LogP contribution in [0.15, 0.2) is 42.6 Å². The highest BCUT2D eigenvalue weighted by Gasteiger charge is 2.16. The van der Waals surface area contributed by atoms with Gasteiger partial charge in [-0.15, -0.1) is 0 Å². The van der Waals surface area contributed by atoms with Gasteiger partial charge in [-0.3, -0.25) is 10.1 Å². The Balaban J connectivity index is 1.75. The van der Waals surface area contributed by atoms with Crippen molar-refractivity contribution in [2.24, 2.45) is 0 Å². The van der Waals surface area contributed by atoms with Crippen molar-refractivity contribution in [1.29, 1.82) is 0 Å². The number of nitro groups is 1. The van der Waals surface area contributed by atoms with E-state index >= 15 is 0 Å². The summed E-state index contributed by atoms with van der Waals surface area (Å²) < 4.78 is 13.2. The molecule has 25 heavy (non-hydrogen) atoms. The maximum absolute atomic E-state index is 13.2. The van der Waals surface area contributed by atoms with Gasteiger partial charge in [0.15, 0.2) is 0 Å². The molecule has 0 unspecified atom stereocenters. The fourth-order valence-corrected chi connectivity index (χ4v) is 2.67. The number of aromatic carboxylic acids is 1. The second-order valence-corrected chi connectivity index (χ2v) is 5.47. The standard InChI is InChI=1S/C17H14FN3O4/c18-11-1-3-13-10(9-20-16(13)7-11)5-6-19-15-4-2-12(21(24)25)8-14(15)17(22)23/h1-4,7-9,19-20H,5-6H2,(H,22,23). The normalized spacial score (nSPS) is 10.8. The molecule has 3 rings (SSSR count). The Kier molecular flexibility index (Phi) is 4.34. The molecule has 7 nitrogen and oxygen atoms in total. The van der Waals surface area contributed by atoms with Crippen molar-refractivity contribution in [3.63, 3.8) is 0 Å². The highest BCUT2D eigenvalue weighted by atomic mass is 19.1. The maximum atomic E-state index is 13.2. The molecule has 0 amide bonds. The quantitative estimate of drug-likeness (QED) is 0.468. The number of hydrogen-bond acceptors (Lipinski definition) is 4. The van der Waals surface area contributed by atoms with Crippen LogP contribution in [0.4, 0.5) is 15.8 Å². The molecule has 0 aliphatic heterocycles. The molecule has 0 radical (unpaired) electrons. The Morgan fingerprint density at radius 1 is 1.28 bits per heavy atom. The van der Waals surface area contributed by atoms with Crippen LogP contribution in [-0.4, -0.2) is 27.5 Å². The summed E-state index contributed by atoms with van der Waals surface area (Å²) in [6.07, 6.45) is 2.35. The number of aromatic amines is 1. The lowest BCUT2D eigenvalue weighted by Crippen LogP contribution is -2.10. The molecule has 1 aromatic heterocycles. The number of rotatable bonds is 6. The molecular weight excluding hydrogens is 329 g/mol. The van der Waals surface area contributed by atoms with Gasteiger partial charge in [0, 0.05) is 41.5 Å². The summed E-state index contributed by atoms with van der Waals surface area (Å²) in [5, 5.41) is 23.9. The van der Waals surface area contributed by atoms with Gasteiger partial charge >= 0.3 is 5.97 Å². The molecular formula is C17H14FN3O4. The fourth-order valence-electron chi connectivity index (χ4n) is 2.67. The van der Waals surface area contributed by atoms with E-state index in [4.69, 9.17) is 0 Å². The van der Waals surface area contributed by atoms with Gasteiger partial charge in [0.25, 0.3) is 5.69 Å². The minimum atomic E-state index is -1.24. The van der Waals surface area contributed by atoms with Gasteiger partial charge < -0.3 is 15.4 Å². The fraction of sp³-hybridized carbons (Fsp3) is 0.118. The average Bonchev–Trinajstić information content (AvgIpc) is 2.96. The lowest BCUT2D eigenvalue weighted by Gasteiger charge is -2.09. The Bertz CT molecular complexity index is 968. The van der Waals surface area contributed by atoms with Gasteiger partial charge in [-0.1, -0.05) is 0 Å². The van der Waals surface area contributed by atoms with Crippen molar-refractivity contribution in [2.45, 2.75) is 6.42 Å². The molecule has 0 fully saturated rings. The maximum Gasteiger partial charge on any atom is 0.338 e. The number of hydrogen-bond donors (Lipinski definition) is 3. The van der Waals surface area contributed by atoms with E-state index in [1.54, 1.807) is 12.3 Å². The molecule has 3 N–H and O–H groups in total. The predicted molar refractivity (Wildman–Crippen MR) is 90.5 cm³/mol. The Labute approximate surface area is 141 Å². The number of carboxylic acid groups (broad SMARTS) is 1. The van der Waals surface area contributed by atoms with Crippen LogP contribution < -0.4 is 5.32 Å². The van der Waals surface area contributed by atoms with Crippen molar-refractivity contribution < 1.29 is 19.2 Å². The number of halogens is 1. The molecule has 0 aliphatic carbocycles. The van der Waals surface area contributed by atoms with E-state index in [9.17, 15) is 24.4 Å². The molecule has 0 saturated carbocycles. The smallest absolute Gasteiger partial charge is 0.338 e. The highest BCUT2D eigenvalue weighted by molar-refractivity contribution is 5.95. The zero-order chi connectivity index (χ0) is 18.0. The number of nitrogens with zero attached hydrogens (tertiary/aromatic N) is 1. The van der Waals surface area contributed by atoms with Crippen LogP contribution in [0.5, 0.6) is 0 Å². The van der Waals surface area contributed by atoms with Gasteiger partial charge in [0.2, 0.25) is 0 Å². The zero-order valence-electron chi connectivity index (χ0n) is 13.0. The predicted octanol–water partition coefficient (Wildman–Crippen LogP) is 3.57. The number of carbonyl (C=O) groups is 1. The third-order valence-electron chi connectivity index (χ3n) is 3.88. The van der Waals surface area contributed by atoms with Crippen LogP contribution in [0.3, 0.4) is 0 Å². The molecule has 128 valence electrons. The number of nitrogens with one attached hydrogen (secondary N) is 2. The lowest BCUT2D eigenvalue weighted by atomic mass is 10.1. The molecule has 1 heterocycles. The molecule has 0 saturated heterocycles. The van der Waals surface area contributed by atoms with E-state index in [0.717, 1.165) is 17.0 Å². The van der Waals surface area contributed by atoms with E-state index in [-0.39, 0.29) is 17.1 Å². The zero-order valence-corrected chi connectivity index (χ0v) is 13.0. The van der Waals surface area contributed by atoms with Crippen LogP contribution in [0.25, 0.3) is 10.9 Å². The first-order valence-electron chi connectivity index (χ1n) is 7.47. The molecule has 0 spiro atoms. The number of H-pyrrole nitrogens is 1. The number of benzene rings is 2. The first-order valence-corrected chi connectivity index (χ1v) is 7.47. The topological polar surface area (TPSA) is 108 Å². The number of nitro benzene ring substituents is 1. The largest absolute Gasteiger partial charge is 0.478 e. The second-order valence-electron chi connectivity index (χ2n) is 5.47. The Morgan fingerprint density at radius 3 is 2.80 bits per heavy atom. The summed E-state index contributed by atoms with van der Waals surface area (Å²) in [6, 6.07) is 8.14. The average molecular weight is 343 g/mol. The van der Waals surface area contributed by atoms with Gasteiger partial charge in [0.05, 0.1) is 10.5 Å². The summed E-state index contributed by atoms with van der Waals surface area (Å²) in [6.45, 7) is 0.419. The van der Waals surface area contributed by atoms with Crippen LogP contribution in [-0.2, 0) is 6.42 Å². The first-order chi connectivity index (χ1) is 12.0. The molecule has 2 aromatic carbocycles. The van der Waals surface area contributed by atoms with Crippen LogP contribution in [0, 0.1) is 15.9 Å². The van der Waals surface area contributed by atoms with Gasteiger partial charge in [-0.25, -0.2) is 9.18 Å². The van der Waals surface area contributed by atoms with Gasteiger partial charge in [-0.05, 0) is 36.2 Å². The summed E-state index contributed by atoms with van der Waals surface area (Å²) in [5.41, 5.74) is 1.53. The lowest BCUT2D eigenvalue weighted by molar-refractivity contribution is -0.384. The number of fused-ring (bicyclic) bond motifs is 1. The van der Waals surface area contributed by atoms with Gasteiger partial charge in [-0.2, -0.15) is 0 Å².